The largest absolute Gasteiger partial charge is 0.508 e. The molecule has 0 unspecified atom stereocenters. The van der Waals surface area contributed by atoms with Gasteiger partial charge in [0.05, 0.1) is 5.56 Å². The van der Waals surface area contributed by atoms with Crippen LogP contribution in [0.3, 0.4) is 0 Å². The Balaban J connectivity index is 2.26. The van der Waals surface area contributed by atoms with Gasteiger partial charge in [-0.3, -0.25) is 9.36 Å². The lowest BCUT2D eigenvalue weighted by molar-refractivity contribution is 0.475. The van der Waals surface area contributed by atoms with E-state index in [4.69, 9.17) is 0 Å². The molecule has 19 heavy (non-hydrogen) atoms. The SMILES string of the molecule is Cn1cc(CNc2cccc(O)c2)c(=O)n(C)c1=O. The standard InChI is InChI=1S/C13H15N3O3/c1-15-8-9(12(18)16(2)13(15)19)7-14-10-4-3-5-11(17)6-10/h3-6,8,14,17H,7H2,1-2H3. The average Bonchev–Trinajstić information content (AvgIpc) is 2.39. The molecule has 0 aliphatic heterocycles. The quantitative estimate of drug-likeness (QED) is 0.838. The summed E-state index contributed by atoms with van der Waals surface area (Å²) in [6.45, 7) is 0.282. The van der Waals surface area contributed by atoms with Crippen LogP contribution in [-0.2, 0) is 20.6 Å². The van der Waals surface area contributed by atoms with Crippen molar-refractivity contribution in [2.24, 2.45) is 14.1 Å². The monoisotopic (exact) mass is 261 g/mol. The van der Waals surface area contributed by atoms with Crippen LogP contribution in [0.5, 0.6) is 5.75 Å². The Labute approximate surface area is 109 Å². The van der Waals surface area contributed by atoms with Crippen molar-refractivity contribution in [1.82, 2.24) is 9.13 Å². The molecule has 0 fully saturated rings. The van der Waals surface area contributed by atoms with Crippen LogP contribution in [0.4, 0.5) is 5.69 Å². The van der Waals surface area contributed by atoms with Crippen molar-refractivity contribution >= 4 is 5.69 Å². The number of phenols is 1. The normalized spacial score (nSPS) is 10.4. The highest BCUT2D eigenvalue weighted by Gasteiger charge is 2.06. The predicted octanol–water partition coefficient (Wildman–Crippen LogP) is 0.402. The molecule has 1 heterocycles. The van der Waals surface area contributed by atoms with Crippen LogP contribution in [0.25, 0.3) is 0 Å². The molecule has 6 nitrogen and oxygen atoms in total. The Morgan fingerprint density at radius 1 is 1.26 bits per heavy atom. The van der Waals surface area contributed by atoms with Crippen molar-refractivity contribution in [1.29, 1.82) is 0 Å². The van der Waals surface area contributed by atoms with Crippen molar-refractivity contribution in [3.05, 3.63) is 56.9 Å². The van der Waals surface area contributed by atoms with Crippen LogP contribution in [-0.4, -0.2) is 14.2 Å². The Hall–Kier alpha value is -2.50. The third kappa shape index (κ3) is 2.67. The van der Waals surface area contributed by atoms with Crippen molar-refractivity contribution in [2.75, 3.05) is 5.32 Å². The number of benzene rings is 1. The van der Waals surface area contributed by atoms with Gasteiger partial charge in [-0.05, 0) is 12.1 Å². The number of nitrogens with one attached hydrogen (secondary N) is 1. The van der Waals surface area contributed by atoms with E-state index in [1.165, 1.54) is 17.8 Å². The van der Waals surface area contributed by atoms with E-state index in [1.807, 2.05) is 0 Å². The van der Waals surface area contributed by atoms with Crippen molar-refractivity contribution in [3.63, 3.8) is 0 Å². The van der Waals surface area contributed by atoms with E-state index in [2.05, 4.69) is 5.32 Å². The van der Waals surface area contributed by atoms with Crippen LogP contribution in [0.2, 0.25) is 0 Å². The highest BCUT2D eigenvalue weighted by Crippen LogP contribution is 2.15. The molecule has 0 bridgehead atoms. The molecule has 0 atom stereocenters. The van der Waals surface area contributed by atoms with Crippen LogP contribution in [0.15, 0.2) is 40.1 Å². The summed E-state index contributed by atoms with van der Waals surface area (Å²) >= 11 is 0. The lowest BCUT2D eigenvalue weighted by atomic mass is 10.2. The molecule has 6 heteroatoms. The zero-order valence-electron chi connectivity index (χ0n) is 10.8. The highest BCUT2D eigenvalue weighted by atomic mass is 16.3. The van der Waals surface area contributed by atoms with E-state index in [9.17, 15) is 14.7 Å². The number of nitrogens with zero attached hydrogens (tertiary/aromatic N) is 2. The highest BCUT2D eigenvalue weighted by molar-refractivity contribution is 5.47. The van der Waals surface area contributed by atoms with Crippen LogP contribution in [0.1, 0.15) is 5.56 Å². The van der Waals surface area contributed by atoms with Crippen LogP contribution >= 0.6 is 0 Å². The molecular weight excluding hydrogens is 246 g/mol. The van der Waals surface area contributed by atoms with E-state index in [0.29, 0.717) is 11.3 Å². The zero-order chi connectivity index (χ0) is 14.0. The summed E-state index contributed by atoms with van der Waals surface area (Å²) in [4.78, 5) is 23.4. The number of phenolic OH excluding ortho intramolecular Hbond substituents is 1. The van der Waals surface area contributed by atoms with E-state index >= 15 is 0 Å². The maximum Gasteiger partial charge on any atom is 0.330 e. The van der Waals surface area contributed by atoms with Crippen LogP contribution in [0, 0.1) is 0 Å². The number of aryl methyl sites for hydroxylation is 1. The Morgan fingerprint density at radius 2 is 2.00 bits per heavy atom. The second kappa shape index (κ2) is 5.01. The fourth-order valence-corrected chi connectivity index (χ4v) is 1.82. The Morgan fingerprint density at radius 3 is 2.68 bits per heavy atom. The minimum atomic E-state index is -0.355. The molecular formula is C13H15N3O3. The topological polar surface area (TPSA) is 76.3 Å². The van der Waals surface area contributed by atoms with Crippen molar-refractivity contribution < 1.29 is 5.11 Å². The first-order valence-corrected chi connectivity index (χ1v) is 5.77. The first-order chi connectivity index (χ1) is 8.99. The molecule has 0 saturated carbocycles. The third-order valence-electron chi connectivity index (χ3n) is 2.85. The summed E-state index contributed by atoms with van der Waals surface area (Å²) in [6.07, 6.45) is 1.51. The molecule has 0 aliphatic rings. The molecule has 0 radical (unpaired) electrons. The number of aromatic hydroxyl groups is 1. The van der Waals surface area contributed by atoms with Gasteiger partial charge in [-0.2, -0.15) is 0 Å². The lowest BCUT2D eigenvalue weighted by Gasteiger charge is -2.09. The van der Waals surface area contributed by atoms with Gasteiger partial charge in [-0.1, -0.05) is 6.07 Å². The molecule has 100 valence electrons. The Bertz CT molecular complexity index is 716. The van der Waals surface area contributed by atoms with Gasteiger partial charge < -0.3 is 15.0 Å². The molecule has 2 rings (SSSR count). The summed E-state index contributed by atoms with van der Waals surface area (Å²) in [5.74, 6) is 0.151. The van der Waals surface area contributed by atoms with Gasteiger partial charge in [0.2, 0.25) is 0 Å². The predicted molar refractivity (Wildman–Crippen MR) is 72.4 cm³/mol. The minimum absolute atomic E-state index is 0.151. The molecule has 0 spiro atoms. The van der Waals surface area contributed by atoms with E-state index in [0.717, 1.165) is 4.57 Å². The third-order valence-corrected chi connectivity index (χ3v) is 2.85. The zero-order valence-corrected chi connectivity index (χ0v) is 10.8. The first kappa shape index (κ1) is 12.9. The van der Waals surface area contributed by atoms with Gasteiger partial charge in [0.1, 0.15) is 5.75 Å². The van der Waals surface area contributed by atoms with Crippen molar-refractivity contribution in [3.8, 4) is 5.75 Å². The molecule has 0 saturated heterocycles. The molecule has 1 aromatic carbocycles. The lowest BCUT2D eigenvalue weighted by Crippen LogP contribution is -2.38. The molecule has 0 amide bonds. The molecule has 2 N–H and O–H groups in total. The van der Waals surface area contributed by atoms with E-state index in [-0.39, 0.29) is 23.5 Å². The average molecular weight is 261 g/mol. The van der Waals surface area contributed by atoms with Gasteiger partial charge in [0, 0.05) is 38.6 Å². The number of hydrogen-bond acceptors (Lipinski definition) is 4. The van der Waals surface area contributed by atoms with Crippen molar-refractivity contribution in [2.45, 2.75) is 6.54 Å². The molecule has 2 aromatic rings. The fraction of sp³-hybridized carbons (Fsp3) is 0.231. The maximum absolute atomic E-state index is 11.9. The fourth-order valence-electron chi connectivity index (χ4n) is 1.82. The smallest absolute Gasteiger partial charge is 0.330 e. The minimum Gasteiger partial charge on any atom is -0.508 e. The van der Waals surface area contributed by atoms with Gasteiger partial charge in [-0.25, -0.2) is 4.79 Å². The van der Waals surface area contributed by atoms with Crippen LogP contribution < -0.4 is 16.6 Å². The van der Waals surface area contributed by atoms with E-state index in [1.54, 1.807) is 31.3 Å². The number of aromatic nitrogens is 2. The Kier molecular flexibility index (Phi) is 3.41. The summed E-state index contributed by atoms with van der Waals surface area (Å²) in [6, 6.07) is 6.62. The maximum atomic E-state index is 11.9. The molecule has 1 aromatic heterocycles. The summed E-state index contributed by atoms with van der Waals surface area (Å²) < 4.78 is 2.43. The van der Waals surface area contributed by atoms with Gasteiger partial charge in [0.25, 0.3) is 5.56 Å². The number of rotatable bonds is 3. The second-order valence-electron chi connectivity index (χ2n) is 4.32. The summed E-state index contributed by atoms with van der Waals surface area (Å²) in [5.41, 5.74) is 0.505. The van der Waals surface area contributed by atoms with Gasteiger partial charge in [0.15, 0.2) is 0 Å². The first-order valence-electron chi connectivity index (χ1n) is 5.77. The van der Waals surface area contributed by atoms with Gasteiger partial charge >= 0.3 is 5.69 Å². The summed E-state index contributed by atoms with van der Waals surface area (Å²) in [7, 11) is 3.04. The summed E-state index contributed by atoms with van der Waals surface area (Å²) in [5, 5.41) is 12.4. The van der Waals surface area contributed by atoms with E-state index < -0.39 is 0 Å². The van der Waals surface area contributed by atoms with Gasteiger partial charge in [-0.15, -0.1) is 0 Å². The number of hydrogen-bond donors (Lipinski definition) is 2. The number of anilines is 1. The molecule has 0 aliphatic carbocycles. The second-order valence-corrected chi connectivity index (χ2v) is 4.32.